The van der Waals surface area contributed by atoms with E-state index in [1.807, 2.05) is 120 Å². The van der Waals surface area contributed by atoms with Gasteiger partial charge in [-0.2, -0.15) is 0 Å². The fourth-order valence-corrected chi connectivity index (χ4v) is 9.21. The van der Waals surface area contributed by atoms with Crippen molar-refractivity contribution in [3.63, 3.8) is 0 Å². The molecule has 1 N–H and O–H groups in total. The molecule has 70 heavy (non-hydrogen) atoms. The summed E-state index contributed by atoms with van der Waals surface area (Å²) in [6.45, 7) is 5.89. The normalized spacial score (nSPS) is 17.4. The lowest BCUT2D eigenvalue weighted by molar-refractivity contribution is -0.0969. The number of fused-ring (bicyclic) bond motifs is 3. The Balaban J connectivity index is 0.976. The first kappa shape index (κ1) is 46.0. The van der Waals surface area contributed by atoms with Crippen LogP contribution in [0.3, 0.4) is 0 Å². The second-order valence-electron chi connectivity index (χ2n) is 17.4. The number of ether oxygens (including phenoxy) is 5. The first-order valence-corrected chi connectivity index (χ1v) is 22.6. The minimum absolute atomic E-state index is 0.0338. The van der Waals surface area contributed by atoms with Crippen LogP contribution in [0, 0.1) is 20.8 Å². The third-order valence-electron chi connectivity index (χ3n) is 12.7. The van der Waals surface area contributed by atoms with Crippen LogP contribution in [0.5, 0.6) is 11.5 Å². The minimum Gasteiger partial charge on any atom is -0.497 e. The van der Waals surface area contributed by atoms with Crippen molar-refractivity contribution in [1.82, 2.24) is 39.4 Å². The number of aryl methyl sites for hydroxylation is 3. The number of aliphatic imine (C=N–C) groups is 1. The molecule has 6 heterocycles. The summed E-state index contributed by atoms with van der Waals surface area (Å²) < 4.78 is 47.0. The molecule has 1 aliphatic heterocycles. The van der Waals surface area contributed by atoms with Crippen molar-refractivity contribution in [3.8, 4) is 11.5 Å². The van der Waals surface area contributed by atoms with E-state index in [0.29, 0.717) is 57.6 Å². The van der Waals surface area contributed by atoms with E-state index < -0.39 is 35.8 Å². The summed E-state index contributed by atoms with van der Waals surface area (Å²) in [4.78, 5) is 32.2. The first-order valence-electron chi connectivity index (χ1n) is 22.6. The van der Waals surface area contributed by atoms with Gasteiger partial charge < -0.3 is 42.5 Å². The molecular formula is C52H51N9O9. The Bertz CT molecular complexity index is 3350. The first-order chi connectivity index (χ1) is 33.9. The number of methoxy groups -OCH3 is 2. The Morgan fingerprint density at radius 1 is 0.857 bits per heavy atom. The second kappa shape index (κ2) is 19.0. The summed E-state index contributed by atoms with van der Waals surface area (Å²) in [5.41, 5.74) is 5.86. The van der Waals surface area contributed by atoms with Crippen LogP contribution in [0.2, 0.25) is 0 Å². The monoisotopic (exact) mass is 945 g/mol. The fraction of sp³-hybridized carbons (Fsp3) is 0.288. The zero-order chi connectivity index (χ0) is 48.7. The number of imidazole rings is 1. The zero-order valence-corrected chi connectivity index (χ0v) is 39.6. The number of aromatic nitrogens is 7. The highest BCUT2D eigenvalue weighted by Gasteiger charge is 2.48. The van der Waals surface area contributed by atoms with Crippen LogP contribution in [0.25, 0.3) is 33.1 Å². The zero-order valence-electron chi connectivity index (χ0n) is 39.6. The van der Waals surface area contributed by atoms with Crippen LogP contribution in [0.1, 0.15) is 51.1 Å². The van der Waals surface area contributed by atoms with E-state index >= 15 is 0 Å². The van der Waals surface area contributed by atoms with Crippen molar-refractivity contribution < 1.29 is 37.6 Å². The molecule has 18 heteroatoms. The van der Waals surface area contributed by atoms with Crippen molar-refractivity contribution in [2.24, 2.45) is 4.99 Å². The maximum Gasteiger partial charge on any atom is 0.336 e. The summed E-state index contributed by atoms with van der Waals surface area (Å²) in [6.07, 6.45) is 2.35. The average Bonchev–Trinajstić information content (AvgIpc) is 4.16. The summed E-state index contributed by atoms with van der Waals surface area (Å²) in [5.74, 6) is 2.44. The van der Waals surface area contributed by atoms with Gasteiger partial charge in [-0.1, -0.05) is 59.8 Å². The van der Waals surface area contributed by atoms with Gasteiger partial charge in [0.15, 0.2) is 23.2 Å². The molecule has 18 nitrogen and oxygen atoms in total. The van der Waals surface area contributed by atoms with Crippen molar-refractivity contribution >= 4 is 45.3 Å². The Hall–Kier alpha value is -7.77. The van der Waals surface area contributed by atoms with Gasteiger partial charge in [0.25, 0.3) is 0 Å². The third-order valence-corrected chi connectivity index (χ3v) is 12.7. The highest BCUT2D eigenvalue weighted by atomic mass is 16.6. The van der Waals surface area contributed by atoms with Crippen LogP contribution in [-0.4, -0.2) is 104 Å². The number of rotatable bonds is 16. The molecule has 5 aromatic heterocycles. The van der Waals surface area contributed by atoms with Gasteiger partial charge in [0.2, 0.25) is 0 Å². The molecule has 1 fully saturated rings. The quantitative estimate of drug-likeness (QED) is 0.0437. The maximum absolute atomic E-state index is 12.4. The van der Waals surface area contributed by atoms with E-state index in [1.165, 1.54) is 12.4 Å². The topological polar surface area (TPSA) is 200 Å². The summed E-state index contributed by atoms with van der Waals surface area (Å²) >= 11 is 0. The van der Waals surface area contributed by atoms with Crippen LogP contribution in [-0.2, 0) is 33.0 Å². The van der Waals surface area contributed by atoms with E-state index in [9.17, 15) is 9.90 Å². The van der Waals surface area contributed by atoms with E-state index in [1.54, 1.807) is 47.2 Å². The summed E-state index contributed by atoms with van der Waals surface area (Å²) in [6, 6.07) is 28.8. The van der Waals surface area contributed by atoms with E-state index in [-0.39, 0.29) is 13.2 Å². The highest BCUT2D eigenvalue weighted by Crippen LogP contribution is 2.44. The number of furan rings is 1. The largest absolute Gasteiger partial charge is 0.497 e. The Morgan fingerprint density at radius 3 is 2.23 bits per heavy atom. The SMILES string of the molecule is COc1ccc(C(OC[C@H]2O[C@@H](n3cnc4c(/N=C/N(C)C)ncnc43)[C@H](OCc3cn(Cc4c(C)oc5c(C)c6oc(=O)cc(C)c6cc45)nn3)[C@@H]2O)(c2ccccc2)c2ccc(OC)cc2)cc1. The molecule has 1 aliphatic rings. The van der Waals surface area contributed by atoms with E-state index in [4.69, 9.17) is 32.5 Å². The van der Waals surface area contributed by atoms with Crippen molar-refractivity contribution in [2.75, 3.05) is 34.9 Å². The molecule has 0 unspecified atom stereocenters. The lowest BCUT2D eigenvalue weighted by Crippen LogP contribution is -2.40. The fourth-order valence-electron chi connectivity index (χ4n) is 9.21. The van der Waals surface area contributed by atoms with Crippen LogP contribution >= 0.6 is 0 Å². The van der Waals surface area contributed by atoms with Crippen molar-refractivity contribution in [1.29, 1.82) is 0 Å². The van der Waals surface area contributed by atoms with Gasteiger partial charge >= 0.3 is 5.63 Å². The van der Waals surface area contributed by atoms with Crippen molar-refractivity contribution in [2.45, 2.75) is 64.1 Å². The van der Waals surface area contributed by atoms with Gasteiger partial charge in [0, 0.05) is 42.1 Å². The van der Waals surface area contributed by atoms with E-state index in [0.717, 1.165) is 44.2 Å². The third kappa shape index (κ3) is 8.44. The van der Waals surface area contributed by atoms with Crippen molar-refractivity contribution in [3.05, 3.63) is 165 Å². The minimum atomic E-state index is -1.23. The number of hydrogen-bond donors (Lipinski definition) is 1. The number of hydrogen-bond acceptors (Lipinski definition) is 15. The molecule has 4 aromatic carbocycles. The molecule has 358 valence electrons. The summed E-state index contributed by atoms with van der Waals surface area (Å²) in [5, 5.41) is 23.1. The molecule has 0 radical (unpaired) electrons. The Morgan fingerprint density at radius 2 is 1.54 bits per heavy atom. The van der Waals surface area contributed by atoms with Gasteiger partial charge in [-0.3, -0.25) is 4.57 Å². The molecular weight excluding hydrogens is 895 g/mol. The van der Waals surface area contributed by atoms with E-state index in [2.05, 4.69) is 30.3 Å². The molecule has 0 saturated carbocycles. The lowest BCUT2D eigenvalue weighted by Gasteiger charge is -2.37. The van der Waals surface area contributed by atoms with Gasteiger partial charge in [-0.15, -0.1) is 5.10 Å². The predicted molar refractivity (Wildman–Crippen MR) is 260 cm³/mol. The highest BCUT2D eigenvalue weighted by molar-refractivity contribution is 6.00. The smallest absolute Gasteiger partial charge is 0.336 e. The number of nitrogens with zero attached hydrogens (tertiary/aromatic N) is 9. The summed E-state index contributed by atoms with van der Waals surface area (Å²) in [7, 11) is 6.97. The lowest BCUT2D eigenvalue weighted by atomic mass is 9.80. The average molecular weight is 946 g/mol. The van der Waals surface area contributed by atoms with Crippen LogP contribution in [0.4, 0.5) is 5.82 Å². The Kier molecular flexibility index (Phi) is 12.5. The molecule has 0 spiro atoms. The molecule has 1 saturated heterocycles. The van der Waals surface area contributed by atoms with Gasteiger partial charge in [0.05, 0.1) is 52.8 Å². The predicted octanol–water partition coefficient (Wildman–Crippen LogP) is 7.33. The molecule has 4 atom stereocenters. The van der Waals surface area contributed by atoms with Gasteiger partial charge in [-0.05, 0) is 73.4 Å². The molecule has 0 bridgehead atoms. The standard InChI is InChI=1S/C52H51N9O9/c1-30-21-43(62)70-46-31(2)47-40(22-39(30)46)41(32(3)68-47)24-60-23-36(57-58-60)25-66-48-45(63)42(69-51(48)61-29-55-44-49(56-28-59(4)5)53-27-54-50(44)61)26-67-52(33-11-9-8-10-12-33,34-13-17-37(64-6)18-14-34)35-15-19-38(65-7)20-16-35/h8-23,27-29,42,45,48,51,63H,24-26H2,1-7H3/b56-28+/t42-,45-,48-,51-/m1/s1. The number of aliphatic hydroxyl groups excluding tert-OH is 1. The van der Waals surface area contributed by atoms with Crippen LogP contribution < -0.4 is 15.1 Å². The van der Waals surface area contributed by atoms with Crippen LogP contribution in [0.15, 0.2) is 128 Å². The number of benzene rings is 4. The van der Waals surface area contributed by atoms with Gasteiger partial charge in [-0.25, -0.2) is 29.4 Å². The molecule has 0 aliphatic carbocycles. The Labute approximate surface area is 401 Å². The second-order valence-corrected chi connectivity index (χ2v) is 17.4. The molecule has 0 amide bonds. The number of aliphatic hydroxyl groups is 1. The molecule has 10 rings (SSSR count). The maximum atomic E-state index is 12.4. The van der Waals surface area contributed by atoms with Gasteiger partial charge in [0.1, 0.15) is 64.4 Å². The molecule has 9 aromatic rings.